The first kappa shape index (κ1) is 16.2. The van der Waals surface area contributed by atoms with Crippen LogP contribution in [0.3, 0.4) is 0 Å². The zero-order valence-corrected chi connectivity index (χ0v) is 14.0. The van der Waals surface area contributed by atoms with Gasteiger partial charge in [-0.15, -0.1) is 0 Å². The van der Waals surface area contributed by atoms with Gasteiger partial charge in [-0.25, -0.2) is 0 Å². The summed E-state index contributed by atoms with van der Waals surface area (Å²) < 4.78 is 0. The number of hydrogen-bond donors (Lipinski definition) is 0. The summed E-state index contributed by atoms with van der Waals surface area (Å²) >= 11 is 0. The molecular formula is C20H16N2O4. The van der Waals surface area contributed by atoms with Crippen LogP contribution < -0.4 is 9.80 Å². The number of unbranched alkanes of at least 4 members (excludes halogenated alkanes) is 1. The van der Waals surface area contributed by atoms with Crippen molar-refractivity contribution in [1.29, 1.82) is 0 Å². The predicted molar refractivity (Wildman–Crippen MR) is 95.5 cm³/mol. The molecule has 26 heavy (non-hydrogen) atoms. The minimum atomic E-state index is -0.510. The third-order valence-electron chi connectivity index (χ3n) is 4.77. The van der Waals surface area contributed by atoms with E-state index >= 15 is 0 Å². The van der Waals surface area contributed by atoms with Crippen molar-refractivity contribution in [2.24, 2.45) is 0 Å². The third kappa shape index (κ3) is 2.42. The van der Waals surface area contributed by atoms with E-state index in [0.29, 0.717) is 48.4 Å². The second-order valence-electron chi connectivity index (χ2n) is 6.31. The van der Waals surface area contributed by atoms with Crippen molar-refractivity contribution in [2.45, 2.75) is 12.8 Å². The maximum Gasteiger partial charge on any atom is 0.299 e. The summed E-state index contributed by atoms with van der Waals surface area (Å²) in [6.45, 7) is 0.804. The molecule has 0 aliphatic carbocycles. The molecule has 0 saturated carbocycles. The topological polar surface area (TPSA) is 74.8 Å². The Balaban J connectivity index is 1.40. The molecule has 2 aliphatic heterocycles. The van der Waals surface area contributed by atoms with Crippen LogP contribution in [0.5, 0.6) is 0 Å². The molecule has 4 rings (SSSR count). The molecule has 2 amide bonds. The first-order valence-corrected chi connectivity index (χ1v) is 8.50. The number of carbonyl (C=O) groups excluding carboxylic acids is 4. The summed E-state index contributed by atoms with van der Waals surface area (Å²) in [7, 11) is 0. The van der Waals surface area contributed by atoms with Gasteiger partial charge < -0.3 is 9.80 Å². The van der Waals surface area contributed by atoms with Gasteiger partial charge in [0.05, 0.1) is 22.5 Å². The van der Waals surface area contributed by atoms with Crippen LogP contribution in [-0.2, 0) is 9.59 Å². The molecule has 6 heteroatoms. The van der Waals surface area contributed by atoms with E-state index in [4.69, 9.17) is 0 Å². The molecule has 2 aromatic rings. The van der Waals surface area contributed by atoms with Gasteiger partial charge in [-0.05, 0) is 37.1 Å². The number of nitrogens with zero attached hydrogens (tertiary/aromatic N) is 2. The SMILES string of the molecule is O=C1C(=O)N(CCCCN2C(=O)C(=O)c3ccccc32)c2ccccc21. The van der Waals surface area contributed by atoms with E-state index in [-0.39, 0.29) is 0 Å². The minimum absolute atomic E-state index is 0.402. The highest BCUT2D eigenvalue weighted by Gasteiger charge is 2.36. The summed E-state index contributed by atoms with van der Waals surface area (Å²) in [6.07, 6.45) is 1.24. The highest BCUT2D eigenvalue weighted by atomic mass is 16.2. The van der Waals surface area contributed by atoms with E-state index in [9.17, 15) is 19.2 Å². The first-order valence-electron chi connectivity index (χ1n) is 8.50. The number of benzene rings is 2. The molecule has 0 unspecified atom stereocenters. The Hall–Kier alpha value is -3.28. The molecule has 0 aromatic heterocycles. The van der Waals surface area contributed by atoms with Crippen molar-refractivity contribution in [2.75, 3.05) is 22.9 Å². The van der Waals surface area contributed by atoms with Gasteiger partial charge in [0, 0.05) is 13.1 Å². The number of Topliss-reactive ketones (excluding diaryl/α,β-unsaturated/α-hetero) is 2. The smallest absolute Gasteiger partial charge is 0.299 e. The van der Waals surface area contributed by atoms with Gasteiger partial charge in [0.15, 0.2) is 0 Å². The minimum Gasteiger partial charge on any atom is -0.305 e. The van der Waals surface area contributed by atoms with Crippen LogP contribution in [-0.4, -0.2) is 36.5 Å². The molecule has 2 aromatic carbocycles. The second kappa shape index (κ2) is 6.22. The average Bonchev–Trinajstić information content (AvgIpc) is 3.06. The van der Waals surface area contributed by atoms with Crippen molar-refractivity contribution < 1.29 is 19.2 Å². The van der Waals surface area contributed by atoms with Crippen LogP contribution in [0.25, 0.3) is 0 Å². The number of carbonyl (C=O) groups is 4. The van der Waals surface area contributed by atoms with Gasteiger partial charge in [-0.3, -0.25) is 19.2 Å². The lowest BCUT2D eigenvalue weighted by atomic mass is 10.1. The Morgan fingerprint density at radius 3 is 1.38 bits per heavy atom. The lowest BCUT2D eigenvalue weighted by Crippen LogP contribution is -2.33. The lowest BCUT2D eigenvalue weighted by Gasteiger charge is -2.19. The molecule has 0 saturated heterocycles. The molecule has 0 atom stereocenters. The Morgan fingerprint density at radius 1 is 0.577 bits per heavy atom. The highest BCUT2D eigenvalue weighted by molar-refractivity contribution is 6.52. The Morgan fingerprint density at radius 2 is 0.962 bits per heavy atom. The number of hydrogen-bond acceptors (Lipinski definition) is 4. The van der Waals surface area contributed by atoms with Crippen molar-refractivity contribution in [3.63, 3.8) is 0 Å². The second-order valence-corrected chi connectivity index (χ2v) is 6.31. The van der Waals surface area contributed by atoms with E-state index in [2.05, 4.69) is 0 Å². The summed E-state index contributed by atoms with van der Waals surface area (Å²) in [6, 6.07) is 13.9. The quantitative estimate of drug-likeness (QED) is 0.613. The van der Waals surface area contributed by atoms with Crippen LogP contribution >= 0.6 is 0 Å². The van der Waals surface area contributed by atoms with Crippen LogP contribution in [0, 0.1) is 0 Å². The fourth-order valence-corrected chi connectivity index (χ4v) is 3.48. The molecule has 6 nitrogen and oxygen atoms in total. The predicted octanol–water partition coefficient (Wildman–Crippen LogP) is 2.23. The van der Waals surface area contributed by atoms with E-state index in [1.54, 1.807) is 48.5 Å². The standard InChI is InChI=1S/C20H16N2O4/c23-17-13-7-1-3-9-15(13)21(19(17)25)11-5-6-12-22-16-10-4-2-8-14(16)18(24)20(22)26/h1-4,7-10H,5-6,11-12H2. The Bertz CT molecular complexity index is 873. The zero-order chi connectivity index (χ0) is 18.3. The normalized spacial score (nSPS) is 15.7. The summed E-state index contributed by atoms with van der Waals surface area (Å²) in [4.78, 5) is 51.2. The van der Waals surface area contributed by atoms with Gasteiger partial charge >= 0.3 is 0 Å². The summed E-state index contributed by atoms with van der Waals surface area (Å²) in [5, 5.41) is 0. The fourth-order valence-electron chi connectivity index (χ4n) is 3.48. The molecule has 2 heterocycles. The monoisotopic (exact) mass is 348 g/mol. The average molecular weight is 348 g/mol. The molecule has 0 N–H and O–H groups in total. The van der Waals surface area contributed by atoms with Crippen molar-refractivity contribution >= 4 is 34.8 Å². The van der Waals surface area contributed by atoms with Gasteiger partial charge in [-0.1, -0.05) is 24.3 Å². The molecule has 0 fully saturated rings. The van der Waals surface area contributed by atoms with Crippen LogP contribution in [0.15, 0.2) is 48.5 Å². The molecule has 0 radical (unpaired) electrons. The van der Waals surface area contributed by atoms with Crippen molar-refractivity contribution in [3.05, 3.63) is 59.7 Å². The highest BCUT2D eigenvalue weighted by Crippen LogP contribution is 2.30. The number of ketones is 2. The van der Waals surface area contributed by atoms with Gasteiger partial charge in [0.25, 0.3) is 23.4 Å². The third-order valence-corrected chi connectivity index (χ3v) is 4.77. The molecule has 0 spiro atoms. The maximum absolute atomic E-state index is 12.1. The Labute approximate surface area is 150 Å². The van der Waals surface area contributed by atoms with E-state index in [0.717, 1.165) is 0 Å². The molecule has 0 bridgehead atoms. The van der Waals surface area contributed by atoms with Crippen LogP contribution in [0.4, 0.5) is 11.4 Å². The van der Waals surface area contributed by atoms with Crippen molar-refractivity contribution in [3.8, 4) is 0 Å². The van der Waals surface area contributed by atoms with Gasteiger partial charge in [0.2, 0.25) is 0 Å². The van der Waals surface area contributed by atoms with Crippen LogP contribution in [0.1, 0.15) is 33.6 Å². The van der Waals surface area contributed by atoms with Crippen molar-refractivity contribution in [1.82, 2.24) is 0 Å². The van der Waals surface area contributed by atoms with E-state index in [1.165, 1.54) is 9.80 Å². The number of anilines is 2. The zero-order valence-electron chi connectivity index (χ0n) is 14.0. The molecular weight excluding hydrogens is 332 g/mol. The van der Waals surface area contributed by atoms with Gasteiger partial charge in [0.1, 0.15) is 0 Å². The largest absolute Gasteiger partial charge is 0.305 e. The van der Waals surface area contributed by atoms with E-state index in [1.807, 2.05) is 0 Å². The van der Waals surface area contributed by atoms with Crippen LogP contribution in [0.2, 0.25) is 0 Å². The number of rotatable bonds is 5. The number of amides is 2. The summed E-state index contributed by atoms with van der Waals surface area (Å²) in [5.74, 6) is -1.97. The first-order chi connectivity index (χ1) is 12.6. The maximum atomic E-state index is 12.1. The Kier molecular flexibility index (Phi) is 3.88. The molecule has 130 valence electrons. The number of fused-ring (bicyclic) bond motifs is 2. The summed E-state index contributed by atoms with van der Waals surface area (Å²) in [5.41, 5.74) is 2.15. The number of para-hydroxylation sites is 2. The molecule has 2 aliphatic rings. The lowest BCUT2D eigenvalue weighted by molar-refractivity contribution is -0.115. The van der Waals surface area contributed by atoms with E-state index < -0.39 is 23.4 Å². The van der Waals surface area contributed by atoms with Gasteiger partial charge in [-0.2, -0.15) is 0 Å². The fraction of sp³-hybridized carbons (Fsp3) is 0.200.